The summed E-state index contributed by atoms with van der Waals surface area (Å²) in [6.07, 6.45) is -16.2. The van der Waals surface area contributed by atoms with Crippen LogP contribution in [0.5, 0.6) is 0 Å². The van der Waals surface area contributed by atoms with Gasteiger partial charge in [0.2, 0.25) is 0 Å². The highest BCUT2D eigenvalue weighted by Gasteiger charge is 2.45. The van der Waals surface area contributed by atoms with Crippen LogP contribution in [0.3, 0.4) is 0 Å². The van der Waals surface area contributed by atoms with Crippen LogP contribution in [0.15, 0.2) is 24.3 Å². The van der Waals surface area contributed by atoms with Crippen molar-refractivity contribution in [1.82, 2.24) is 0 Å². The topological polar surface area (TPSA) is 0 Å². The summed E-state index contributed by atoms with van der Waals surface area (Å²) in [6, 6.07) is 2.20. The summed E-state index contributed by atoms with van der Waals surface area (Å²) in [6.45, 7) is 4.23. The summed E-state index contributed by atoms with van der Waals surface area (Å²) in [4.78, 5) is 0. The van der Waals surface area contributed by atoms with Crippen molar-refractivity contribution < 1.29 is 39.5 Å². The Bertz CT molecular complexity index is 810. The molecule has 148 valence electrons. The SMILES string of the molecule is Cc1cc(C)c(-c2c(C(F)(F)F)cc(C(F)(F)F)cc2C(F)(F)F)c(C)c1. The average Bonchev–Trinajstić information content (AvgIpc) is 2.42. The van der Waals surface area contributed by atoms with Crippen molar-refractivity contribution in [3.05, 3.63) is 57.6 Å². The molecule has 0 amide bonds. The summed E-state index contributed by atoms with van der Waals surface area (Å²) >= 11 is 0. The van der Waals surface area contributed by atoms with E-state index in [0.29, 0.717) is 5.56 Å². The predicted octanol–water partition coefficient (Wildman–Crippen LogP) is 7.34. The van der Waals surface area contributed by atoms with Gasteiger partial charge in [0.1, 0.15) is 0 Å². The third-order valence-electron chi connectivity index (χ3n) is 4.00. The van der Waals surface area contributed by atoms with Gasteiger partial charge in [0.25, 0.3) is 0 Å². The molecule has 0 saturated heterocycles. The van der Waals surface area contributed by atoms with E-state index in [2.05, 4.69) is 0 Å². The molecule has 0 atom stereocenters. The summed E-state index contributed by atoms with van der Waals surface area (Å²) < 4.78 is 120. The lowest BCUT2D eigenvalue weighted by Crippen LogP contribution is -2.18. The van der Waals surface area contributed by atoms with Gasteiger partial charge in [-0.25, -0.2) is 0 Å². The summed E-state index contributed by atoms with van der Waals surface area (Å²) in [5.74, 6) is 0. The highest BCUT2D eigenvalue weighted by atomic mass is 19.4. The molecule has 2 rings (SSSR count). The minimum Gasteiger partial charge on any atom is -0.166 e. The average molecular weight is 400 g/mol. The van der Waals surface area contributed by atoms with Crippen LogP contribution in [0.1, 0.15) is 33.4 Å². The number of hydrogen-bond acceptors (Lipinski definition) is 0. The second-order valence-corrected chi connectivity index (χ2v) is 6.21. The normalized spacial score (nSPS) is 13.2. The van der Waals surface area contributed by atoms with E-state index in [1.807, 2.05) is 0 Å². The Labute approximate surface area is 148 Å². The molecular formula is C18H13F9. The molecule has 27 heavy (non-hydrogen) atoms. The molecule has 0 radical (unpaired) electrons. The zero-order valence-electron chi connectivity index (χ0n) is 14.2. The van der Waals surface area contributed by atoms with Gasteiger partial charge in [0.15, 0.2) is 0 Å². The van der Waals surface area contributed by atoms with E-state index in [1.165, 1.54) is 26.0 Å². The molecule has 0 heterocycles. The van der Waals surface area contributed by atoms with E-state index in [1.54, 1.807) is 6.92 Å². The van der Waals surface area contributed by atoms with Gasteiger partial charge < -0.3 is 0 Å². The summed E-state index contributed by atoms with van der Waals surface area (Å²) in [5, 5.41) is 0. The first-order valence-corrected chi connectivity index (χ1v) is 7.51. The van der Waals surface area contributed by atoms with Gasteiger partial charge in [0, 0.05) is 5.56 Å². The molecule has 9 heteroatoms. The van der Waals surface area contributed by atoms with Gasteiger partial charge in [-0.3, -0.25) is 0 Å². The molecule has 0 N–H and O–H groups in total. The number of alkyl halides is 9. The molecule has 0 bridgehead atoms. The minimum absolute atomic E-state index is 0.100. The monoisotopic (exact) mass is 400 g/mol. The van der Waals surface area contributed by atoms with Gasteiger partial charge in [0.05, 0.1) is 16.7 Å². The van der Waals surface area contributed by atoms with Crippen LogP contribution in [0, 0.1) is 20.8 Å². The fraction of sp³-hybridized carbons (Fsp3) is 0.333. The molecule has 0 unspecified atom stereocenters. The van der Waals surface area contributed by atoms with E-state index in [0.717, 1.165) is 0 Å². The Balaban J connectivity index is 3.08. The van der Waals surface area contributed by atoms with Crippen LogP contribution in [-0.4, -0.2) is 0 Å². The highest BCUT2D eigenvalue weighted by molar-refractivity contribution is 5.78. The van der Waals surface area contributed by atoms with Crippen LogP contribution in [-0.2, 0) is 18.5 Å². The summed E-state index contributed by atoms with van der Waals surface area (Å²) in [7, 11) is 0. The second-order valence-electron chi connectivity index (χ2n) is 6.21. The predicted molar refractivity (Wildman–Crippen MR) is 81.1 cm³/mol. The Kier molecular flexibility index (Phi) is 5.05. The molecule has 0 aliphatic rings. The Hall–Kier alpha value is -2.19. The van der Waals surface area contributed by atoms with Crippen LogP contribution >= 0.6 is 0 Å². The largest absolute Gasteiger partial charge is 0.417 e. The third-order valence-corrected chi connectivity index (χ3v) is 4.00. The molecule has 0 aliphatic heterocycles. The van der Waals surface area contributed by atoms with Crippen LogP contribution < -0.4 is 0 Å². The lowest BCUT2D eigenvalue weighted by atomic mass is 9.86. The van der Waals surface area contributed by atoms with Crippen LogP contribution in [0.4, 0.5) is 39.5 Å². The van der Waals surface area contributed by atoms with Crippen molar-refractivity contribution in [2.75, 3.05) is 0 Å². The molecule has 0 spiro atoms. The van der Waals surface area contributed by atoms with Crippen LogP contribution in [0.2, 0.25) is 0 Å². The third kappa shape index (κ3) is 4.22. The van der Waals surface area contributed by atoms with Crippen molar-refractivity contribution >= 4 is 0 Å². The molecular weight excluding hydrogens is 387 g/mol. The number of rotatable bonds is 1. The van der Waals surface area contributed by atoms with E-state index in [4.69, 9.17) is 0 Å². The standard InChI is InChI=1S/C18H13F9/c1-8-4-9(2)14(10(3)5-8)15-12(17(22,23)24)6-11(16(19,20)21)7-13(15)18(25,26)27/h4-7H,1-3H3. The maximum atomic E-state index is 13.5. The van der Waals surface area contributed by atoms with Gasteiger partial charge in [-0.1, -0.05) is 17.7 Å². The minimum atomic E-state index is -5.42. The zero-order valence-corrected chi connectivity index (χ0v) is 14.2. The van der Waals surface area contributed by atoms with Gasteiger partial charge in [-0.05, 0) is 49.6 Å². The van der Waals surface area contributed by atoms with Crippen LogP contribution in [0.25, 0.3) is 11.1 Å². The van der Waals surface area contributed by atoms with E-state index < -0.39 is 40.8 Å². The number of aryl methyl sites for hydroxylation is 3. The Morgan fingerprint density at radius 1 is 0.519 bits per heavy atom. The molecule has 0 aliphatic carbocycles. The fourth-order valence-corrected chi connectivity index (χ4v) is 3.10. The number of halogens is 9. The van der Waals surface area contributed by atoms with Gasteiger partial charge in [-0.2, -0.15) is 39.5 Å². The molecule has 0 aromatic heterocycles. The van der Waals surface area contributed by atoms with Crippen molar-refractivity contribution in [1.29, 1.82) is 0 Å². The molecule has 0 saturated carbocycles. The molecule has 0 fully saturated rings. The van der Waals surface area contributed by atoms with Gasteiger partial charge in [-0.15, -0.1) is 0 Å². The second kappa shape index (κ2) is 6.45. The molecule has 0 nitrogen and oxygen atoms in total. The van der Waals surface area contributed by atoms with Crippen molar-refractivity contribution in [3.63, 3.8) is 0 Å². The highest BCUT2D eigenvalue weighted by Crippen LogP contribution is 2.48. The van der Waals surface area contributed by atoms with Crippen molar-refractivity contribution in [2.24, 2.45) is 0 Å². The molecule has 2 aromatic carbocycles. The Morgan fingerprint density at radius 3 is 1.19 bits per heavy atom. The maximum Gasteiger partial charge on any atom is 0.417 e. The lowest BCUT2D eigenvalue weighted by molar-refractivity contribution is -0.147. The van der Waals surface area contributed by atoms with E-state index in [-0.39, 0.29) is 28.8 Å². The quantitative estimate of drug-likeness (QED) is 0.440. The maximum absolute atomic E-state index is 13.5. The first kappa shape index (κ1) is 21.1. The first-order valence-electron chi connectivity index (χ1n) is 7.51. The Morgan fingerprint density at radius 2 is 0.889 bits per heavy atom. The summed E-state index contributed by atoms with van der Waals surface area (Å²) in [5.41, 5.74) is -6.83. The van der Waals surface area contributed by atoms with Crippen molar-refractivity contribution in [3.8, 4) is 11.1 Å². The zero-order chi connectivity index (χ0) is 20.9. The van der Waals surface area contributed by atoms with E-state index in [9.17, 15) is 39.5 Å². The number of benzene rings is 2. The number of hydrogen-bond donors (Lipinski definition) is 0. The smallest absolute Gasteiger partial charge is 0.166 e. The first-order chi connectivity index (χ1) is 12.0. The molecule has 2 aromatic rings. The van der Waals surface area contributed by atoms with Crippen molar-refractivity contribution in [2.45, 2.75) is 39.3 Å². The van der Waals surface area contributed by atoms with Gasteiger partial charge >= 0.3 is 18.5 Å². The lowest BCUT2D eigenvalue weighted by Gasteiger charge is -2.24. The van der Waals surface area contributed by atoms with E-state index >= 15 is 0 Å². The fourth-order valence-electron chi connectivity index (χ4n) is 3.10.